The number of fused-ring (bicyclic) bond motifs is 1. The zero-order valence-electron chi connectivity index (χ0n) is 13.1. The summed E-state index contributed by atoms with van der Waals surface area (Å²) in [7, 11) is 0. The zero-order chi connectivity index (χ0) is 14.3. The van der Waals surface area contributed by atoms with Crippen LogP contribution >= 0.6 is 24.8 Å². The van der Waals surface area contributed by atoms with Crippen molar-refractivity contribution >= 4 is 41.7 Å². The maximum atomic E-state index is 6.36. The van der Waals surface area contributed by atoms with Gasteiger partial charge in [-0.2, -0.15) is 0 Å². The van der Waals surface area contributed by atoms with Gasteiger partial charge in [-0.3, -0.25) is 4.98 Å². The van der Waals surface area contributed by atoms with Crippen molar-refractivity contribution in [3.05, 3.63) is 30.5 Å². The highest BCUT2D eigenvalue weighted by Gasteiger charge is 2.42. The molecule has 0 bridgehead atoms. The van der Waals surface area contributed by atoms with Crippen molar-refractivity contribution in [2.45, 2.75) is 38.1 Å². The van der Waals surface area contributed by atoms with Gasteiger partial charge in [0, 0.05) is 19.1 Å². The Hall–Kier alpha value is -1.10. The number of para-hydroxylation sites is 2. The smallest absolute Gasteiger partial charge is 0.147 e. The van der Waals surface area contributed by atoms with Crippen molar-refractivity contribution in [3.63, 3.8) is 0 Å². The van der Waals surface area contributed by atoms with Crippen LogP contribution in [0.5, 0.6) is 0 Å². The van der Waals surface area contributed by atoms with Crippen LogP contribution in [0.3, 0.4) is 0 Å². The van der Waals surface area contributed by atoms with E-state index in [1.54, 1.807) is 0 Å². The third-order valence-corrected chi connectivity index (χ3v) is 5.50. The second-order valence-electron chi connectivity index (χ2n) is 6.57. The van der Waals surface area contributed by atoms with Crippen molar-refractivity contribution in [1.82, 2.24) is 9.97 Å². The van der Waals surface area contributed by atoms with Crippen LogP contribution in [0.25, 0.3) is 11.0 Å². The van der Waals surface area contributed by atoms with Crippen LogP contribution in [0.1, 0.15) is 32.1 Å². The van der Waals surface area contributed by atoms with Crippen molar-refractivity contribution in [2.75, 3.05) is 18.0 Å². The van der Waals surface area contributed by atoms with E-state index >= 15 is 0 Å². The molecule has 1 saturated heterocycles. The third kappa shape index (κ3) is 3.25. The summed E-state index contributed by atoms with van der Waals surface area (Å²) in [4.78, 5) is 11.7. The largest absolute Gasteiger partial charge is 0.355 e. The molecule has 1 spiro atoms. The van der Waals surface area contributed by atoms with Gasteiger partial charge in [-0.05, 0) is 43.2 Å². The van der Waals surface area contributed by atoms with Crippen LogP contribution in [-0.4, -0.2) is 29.1 Å². The molecular formula is C17H24Cl2N4. The number of nitrogens with two attached hydrogens (primary N) is 1. The lowest BCUT2D eigenvalue weighted by Crippen LogP contribution is -2.47. The number of aromatic nitrogens is 2. The summed E-state index contributed by atoms with van der Waals surface area (Å²) in [5.41, 5.74) is 8.70. The van der Waals surface area contributed by atoms with E-state index in [2.05, 4.69) is 9.88 Å². The van der Waals surface area contributed by atoms with E-state index in [0.717, 1.165) is 29.9 Å². The summed E-state index contributed by atoms with van der Waals surface area (Å²) in [5, 5.41) is 0. The van der Waals surface area contributed by atoms with E-state index in [9.17, 15) is 0 Å². The van der Waals surface area contributed by atoms with E-state index in [0.29, 0.717) is 11.5 Å². The summed E-state index contributed by atoms with van der Waals surface area (Å²) in [6.07, 6.45) is 8.12. The number of anilines is 1. The molecule has 2 aliphatic rings. The van der Waals surface area contributed by atoms with Gasteiger partial charge in [-0.1, -0.05) is 18.6 Å². The molecule has 0 radical (unpaired) electrons. The van der Waals surface area contributed by atoms with Gasteiger partial charge >= 0.3 is 0 Å². The van der Waals surface area contributed by atoms with Gasteiger partial charge in [0.2, 0.25) is 0 Å². The Bertz CT molecular complexity index is 656. The number of piperidine rings is 1. The summed E-state index contributed by atoms with van der Waals surface area (Å²) in [6.45, 7) is 2.11. The Balaban J connectivity index is 0.000000960. The number of hydrogen-bond donors (Lipinski definition) is 1. The molecule has 1 unspecified atom stereocenters. The maximum Gasteiger partial charge on any atom is 0.147 e. The highest BCUT2D eigenvalue weighted by atomic mass is 35.5. The fourth-order valence-electron chi connectivity index (χ4n) is 4.07. The molecule has 1 atom stereocenters. The first-order valence-corrected chi connectivity index (χ1v) is 7.99. The van der Waals surface area contributed by atoms with Crippen LogP contribution in [0.15, 0.2) is 30.5 Å². The quantitative estimate of drug-likeness (QED) is 0.850. The van der Waals surface area contributed by atoms with Crippen molar-refractivity contribution in [3.8, 4) is 0 Å². The molecule has 6 heteroatoms. The molecular weight excluding hydrogens is 331 g/mol. The summed E-state index contributed by atoms with van der Waals surface area (Å²) >= 11 is 0. The number of benzene rings is 1. The highest BCUT2D eigenvalue weighted by Crippen LogP contribution is 2.45. The molecule has 1 aromatic carbocycles. The minimum absolute atomic E-state index is 0. The first kappa shape index (κ1) is 18.2. The fraction of sp³-hybridized carbons (Fsp3) is 0.529. The first-order chi connectivity index (χ1) is 10.3. The lowest BCUT2D eigenvalue weighted by atomic mass is 9.74. The van der Waals surface area contributed by atoms with E-state index < -0.39 is 0 Å². The average molecular weight is 355 g/mol. The molecule has 2 N–H and O–H groups in total. The molecule has 4 nitrogen and oxygen atoms in total. The monoisotopic (exact) mass is 354 g/mol. The highest BCUT2D eigenvalue weighted by molar-refractivity contribution is 5.85. The molecule has 23 heavy (non-hydrogen) atoms. The van der Waals surface area contributed by atoms with Gasteiger partial charge in [0.15, 0.2) is 0 Å². The van der Waals surface area contributed by atoms with E-state index in [4.69, 9.17) is 10.7 Å². The zero-order valence-corrected chi connectivity index (χ0v) is 14.8. The number of nitrogens with zero attached hydrogens (tertiary/aromatic N) is 3. The SMILES string of the molecule is Cl.Cl.NC1CCCC12CCN(c1cnc3ccccc3n1)CC2. The Kier molecular flexibility index (Phi) is 5.71. The molecule has 126 valence electrons. The van der Waals surface area contributed by atoms with Crippen LogP contribution in [0.4, 0.5) is 5.82 Å². The Morgan fingerprint density at radius 2 is 1.74 bits per heavy atom. The second-order valence-corrected chi connectivity index (χ2v) is 6.57. The number of rotatable bonds is 1. The molecule has 2 aromatic rings. The molecule has 0 amide bonds. The van der Waals surface area contributed by atoms with Gasteiger partial charge in [-0.25, -0.2) is 4.98 Å². The van der Waals surface area contributed by atoms with Gasteiger partial charge in [-0.15, -0.1) is 24.8 Å². The molecule has 2 fully saturated rings. The van der Waals surface area contributed by atoms with E-state index in [1.165, 1.54) is 32.1 Å². The Morgan fingerprint density at radius 3 is 2.39 bits per heavy atom. The summed E-state index contributed by atoms with van der Waals surface area (Å²) in [6, 6.07) is 8.47. The topological polar surface area (TPSA) is 55.0 Å². The predicted molar refractivity (Wildman–Crippen MR) is 99.7 cm³/mol. The minimum Gasteiger partial charge on any atom is -0.355 e. The molecule has 1 saturated carbocycles. The van der Waals surface area contributed by atoms with Crippen molar-refractivity contribution in [1.29, 1.82) is 0 Å². The predicted octanol–water partition coefficient (Wildman–Crippen LogP) is 3.57. The Morgan fingerprint density at radius 1 is 1.04 bits per heavy atom. The van der Waals surface area contributed by atoms with Crippen LogP contribution in [0, 0.1) is 5.41 Å². The van der Waals surface area contributed by atoms with Gasteiger partial charge in [0.05, 0.1) is 17.2 Å². The average Bonchev–Trinajstić information content (AvgIpc) is 2.88. The van der Waals surface area contributed by atoms with Gasteiger partial charge in [0.1, 0.15) is 5.82 Å². The van der Waals surface area contributed by atoms with Crippen LogP contribution < -0.4 is 10.6 Å². The second kappa shape index (κ2) is 7.20. The molecule has 1 aromatic heterocycles. The normalized spacial score (nSPS) is 22.7. The number of halogens is 2. The minimum atomic E-state index is 0. The maximum absolute atomic E-state index is 6.36. The van der Waals surface area contributed by atoms with Crippen molar-refractivity contribution in [2.24, 2.45) is 11.1 Å². The Labute approximate surface area is 149 Å². The molecule has 2 heterocycles. The van der Waals surface area contributed by atoms with E-state index in [1.807, 2.05) is 30.5 Å². The third-order valence-electron chi connectivity index (χ3n) is 5.50. The van der Waals surface area contributed by atoms with Crippen molar-refractivity contribution < 1.29 is 0 Å². The first-order valence-electron chi connectivity index (χ1n) is 7.99. The van der Waals surface area contributed by atoms with Gasteiger partial charge in [0.25, 0.3) is 0 Å². The summed E-state index contributed by atoms with van der Waals surface area (Å²) < 4.78 is 0. The number of hydrogen-bond acceptors (Lipinski definition) is 4. The molecule has 1 aliphatic carbocycles. The van der Waals surface area contributed by atoms with E-state index in [-0.39, 0.29) is 24.8 Å². The summed E-state index contributed by atoms with van der Waals surface area (Å²) in [5.74, 6) is 1.01. The van der Waals surface area contributed by atoms with Crippen LogP contribution in [-0.2, 0) is 0 Å². The molecule has 1 aliphatic heterocycles. The molecule has 4 rings (SSSR count). The standard InChI is InChI=1S/C17H22N4.2ClH/c18-15-6-3-7-17(15)8-10-21(11-9-17)16-12-19-13-4-1-2-5-14(13)20-16;;/h1-2,4-5,12,15H,3,6-11,18H2;2*1H. The fourth-order valence-corrected chi connectivity index (χ4v) is 4.07. The van der Waals surface area contributed by atoms with Gasteiger partial charge < -0.3 is 10.6 Å². The lowest BCUT2D eigenvalue weighted by Gasteiger charge is -2.42. The lowest BCUT2D eigenvalue weighted by molar-refractivity contribution is 0.197. The van der Waals surface area contributed by atoms with Crippen LogP contribution in [0.2, 0.25) is 0 Å².